The standard InChI is InChI=1S/C13H26N2O/c1-2-9-15(11-5-4-8-14-10-11)12-6-3-7-13(12)16/h11-14,16H,2-10H2,1H3. The lowest BCUT2D eigenvalue weighted by atomic mass is 10.0. The quantitative estimate of drug-likeness (QED) is 0.760. The number of aliphatic hydroxyl groups is 1. The van der Waals surface area contributed by atoms with Crippen LogP contribution in [0.5, 0.6) is 0 Å². The smallest absolute Gasteiger partial charge is 0.0695 e. The van der Waals surface area contributed by atoms with Crippen LogP contribution in [-0.4, -0.2) is 47.8 Å². The van der Waals surface area contributed by atoms with Gasteiger partial charge in [0.05, 0.1) is 6.10 Å². The predicted molar refractivity (Wildman–Crippen MR) is 66.5 cm³/mol. The monoisotopic (exact) mass is 226 g/mol. The molecule has 94 valence electrons. The maximum Gasteiger partial charge on any atom is 0.0695 e. The van der Waals surface area contributed by atoms with E-state index in [2.05, 4.69) is 17.1 Å². The second kappa shape index (κ2) is 5.99. The lowest BCUT2D eigenvalue weighted by Gasteiger charge is -2.39. The molecule has 0 aromatic heterocycles. The normalized spacial score (nSPS) is 35.8. The molecule has 1 aliphatic heterocycles. The minimum absolute atomic E-state index is 0.0755. The van der Waals surface area contributed by atoms with Crippen molar-refractivity contribution in [1.29, 1.82) is 0 Å². The highest BCUT2D eigenvalue weighted by molar-refractivity contribution is 4.90. The molecule has 2 rings (SSSR count). The third kappa shape index (κ3) is 2.76. The Kier molecular flexibility index (Phi) is 4.62. The number of hydrogen-bond donors (Lipinski definition) is 2. The van der Waals surface area contributed by atoms with E-state index in [1.165, 1.54) is 38.6 Å². The van der Waals surface area contributed by atoms with Crippen LogP contribution in [0.3, 0.4) is 0 Å². The molecule has 3 nitrogen and oxygen atoms in total. The molecule has 1 heterocycles. The maximum atomic E-state index is 10.1. The highest BCUT2D eigenvalue weighted by atomic mass is 16.3. The van der Waals surface area contributed by atoms with Crippen LogP contribution in [0.4, 0.5) is 0 Å². The summed E-state index contributed by atoms with van der Waals surface area (Å²) in [5, 5.41) is 13.5. The van der Waals surface area contributed by atoms with Gasteiger partial charge in [-0.2, -0.15) is 0 Å². The second-order valence-electron chi connectivity index (χ2n) is 5.30. The van der Waals surface area contributed by atoms with Gasteiger partial charge < -0.3 is 10.4 Å². The summed E-state index contributed by atoms with van der Waals surface area (Å²) in [5.74, 6) is 0. The Bertz CT molecular complexity index is 204. The topological polar surface area (TPSA) is 35.5 Å². The number of piperidine rings is 1. The first-order valence-electron chi connectivity index (χ1n) is 6.97. The predicted octanol–water partition coefficient (Wildman–Crippen LogP) is 1.36. The molecule has 0 aromatic carbocycles. The highest BCUT2D eigenvalue weighted by Crippen LogP contribution is 2.27. The van der Waals surface area contributed by atoms with E-state index in [4.69, 9.17) is 0 Å². The van der Waals surface area contributed by atoms with E-state index in [0.717, 1.165) is 19.5 Å². The van der Waals surface area contributed by atoms with Crippen molar-refractivity contribution < 1.29 is 5.11 Å². The summed E-state index contributed by atoms with van der Waals surface area (Å²) in [6.07, 6.45) is 7.10. The van der Waals surface area contributed by atoms with Crippen LogP contribution in [0, 0.1) is 0 Å². The third-order valence-electron chi connectivity index (χ3n) is 4.09. The number of aliphatic hydroxyl groups excluding tert-OH is 1. The molecular weight excluding hydrogens is 200 g/mol. The Labute approximate surface area is 99.2 Å². The zero-order chi connectivity index (χ0) is 11.4. The Morgan fingerprint density at radius 1 is 1.25 bits per heavy atom. The van der Waals surface area contributed by atoms with Crippen LogP contribution in [-0.2, 0) is 0 Å². The van der Waals surface area contributed by atoms with Gasteiger partial charge in [-0.15, -0.1) is 0 Å². The summed E-state index contributed by atoms with van der Waals surface area (Å²) in [6.45, 7) is 5.67. The van der Waals surface area contributed by atoms with Gasteiger partial charge in [0.25, 0.3) is 0 Å². The molecule has 16 heavy (non-hydrogen) atoms. The van der Waals surface area contributed by atoms with E-state index in [1.807, 2.05) is 0 Å². The fraction of sp³-hybridized carbons (Fsp3) is 1.00. The van der Waals surface area contributed by atoms with Crippen molar-refractivity contribution >= 4 is 0 Å². The molecule has 2 aliphatic rings. The zero-order valence-corrected chi connectivity index (χ0v) is 10.5. The van der Waals surface area contributed by atoms with Crippen LogP contribution in [0.1, 0.15) is 45.4 Å². The molecule has 0 aromatic rings. The van der Waals surface area contributed by atoms with Crippen molar-refractivity contribution in [3.8, 4) is 0 Å². The van der Waals surface area contributed by atoms with Crippen LogP contribution in [0.15, 0.2) is 0 Å². The van der Waals surface area contributed by atoms with Gasteiger partial charge >= 0.3 is 0 Å². The average molecular weight is 226 g/mol. The lowest BCUT2D eigenvalue weighted by Crippen LogP contribution is -2.52. The van der Waals surface area contributed by atoms with Gasteiger partial charge in [-0.3, -0.25) is 4.90 Å². The second-order valence-corrected chi connectivity index (χ2v) is 5.30. The van der Waals surface area contributed by atoms with Gasteiger partial charge in [0, 0.05) is 18.6 Å². The molecule has 1 saturated heterocycles. The third-order valence-corrected chi connectivity index (χ3v) is 4.09. The molecule has 3 heteroatoms. The SMILES string of the molecule is CCCN(C1CCCNC1)C1CCCC1O. The Hall–Kier alpha value is -0.120. The number of nitrogens with zero attached hydrogens (tertiary/aromatic N) is 1. The zero-order valence-electron chi connectivity index (χ0n) is 10.5. The molecule has 2 N–H and O–H groups in total. The molecule has 3 atom stereocenters. The number of hydrogen-bond acceptors (Lipinski definition) is 3. The van der Waals surface area contributed by atoms with Crippen molar-refractivity contribution in [2.24, 2.45) is 0 Å². The van der Waals surface area contributed by atoms with Crippen LogP contribution in [0.2, 0.25) is 0 Å². The first-order chi connectivity index (χ1) is 7.83. The Morgan fingerprint density at radius 2 is 2.12 bits per heavy atom. The molecular formula is C13H26N2O. The Morgan fingerprint density at radius 3 is 2.69 bits per heavy atom. The van der Waals surface area contributed by atoms with Gasteiger partial charge in [0.1, 0.15) is 0 Å². The van der Waals surface area contributed by atoms with Gasteiger partial charge in [0.15, 0.2) is 0 Å². The fourth-order valence-electron chi connectivity index (χ4n) is 3.30. The molecule has 0 amide bonds. The first kappa shape index (κ1) is 12.3. The minimum atomic E-state index is -0.0755. The molecule has 1 aliphatic carbocycles. The summed E-state index contributed by atoms with van der Waals surface area (Å²) >= 11 is 0. The summed E-state index contributed by atoms with van der Waals surface area (Å²) in [7, 11) is 0. The van der Waals surface area contributed by atoms with Crippen molar-refractivity contribution in [2.75, 3.05) is 19.6 Å². The summed E-state index contributed by atoms with van der Waals surface area (Å²) in [6, 6.07) is 1.09. The lowest BCUT2D eigenvalue weighted by molar-refractivity contribution is 0.0350. The van der Waals surface area contributed by atoms with Gasteiger partial charge in [-0.05, 0) is 51.6 Å². The summed E-state index contributed by atoms with van der Waals surface area (Å²) in [5.41, 5.74) is 0. The summed E-state index contributed by atoms with van der Waals surface area (Å²) < 4.78 is 0. The van der Waals surface area contributed by atoms with E-state index in [1.54, 1.807) is 0 Å². The average Bonchev–Trinajstić information content (AvgIpc) is 2.73. The van der Waals surface area contributed by atoms with Gasteiger partial charge in [0.2, 0.25) is 0 Å². The largest absolute Gasteiger partial charge is 0.391 e. The molecule has 0 radical (unpaired) electrons. The van der Waals surface area contributed by atoms with Crippen LogP contribution >= 0.6 is 0 Å². The first-order valence-corrected chi connectivity index (χ1v) is 6.97. The number of rotatable bonds is 4. The minimum Gasteiger partial charge on any atom is -0.391 e. The maximum absolute atomic E-state index is 10.1. The summed E-state index contributed by atoms with van der Waals surface area (Å²) in [4.78, 5) is 2.59. The molecule has 0 bridgehead atoms. The van der Waals surface area contributed by atoms with Crippen molar-refractivity contribution in [2.45, 2.75) is 63.6 Å². The molecule has 2 fully saturated rings. The Balaban J connectivity index is 1.97. The highest BCUT2D eigenvalue weighted by Gasteiger charge is 2.34. The number of nitrogens with one attached hydrogen (secondary N) is 1. The van der Waals surface area contributed by atoms with E-state index in [9.17, 15) is 5.11 Å². The van der Waals surface area contributed by atoms with Gasteiger partial charge in [-0.25, -0.2) is 0 Å². The molecule has 3 unspecified atom stereocenters. The van der Waals surface area contributed by atoms with Gasteiger partial charge in [-0.1, -0.05) is 6.92 Å². The van der Waals surface area contributed by atoms with E-state index >= 15 is 0 Å². The molecule has 0 spiro atoms. The van der Waals surface area contributed by atoms with E-state index < -0.39 is 0 Å². The van der Waals surface area contributed by atoms with Crippen molar-refractivity contribution in [3.63, 3.8) is 0 Å². The molecule has 1 saturated carbocycles. The van der Waals surface area contributed by atoms with Crippen molar-refractivity contribution in [3.05, 3.63) is 0 Å². The van der Waals surface area contributed by atoms with E-state index in [0.29, 0.717) is 12.1 Å². The van der Waals surface area contributed by atoms with Crippen LogP contribution in [0.25, 0.3) is 0 Å². The fourth-order valence-corrected chi connectivity index (χ4v) is 3.30. The van der Waals surface area contributed by atoms with Crippen LogP contribution < -0.4 is 5.32 Å². The van der Waals surface area contributed by atoms with Crippen molar-refractivity contribution in [1.82, 2.24) is 10.2 Å². The van der Waals surface area contributed by atoms with E-state index in [-0.39, 0.29) is 6.10 Å².